The average Bonchev–Trinajstić information content (AvgIpc) is 3.01. The lowest BCUT2D eigenvalue weighted by Gasteiger charge is -2.16. The second-order valence-electron chi connectivity index (χ2n) is 4.71. The summed E-state index contributed by atoms with van der Waals surface area (Å²) in [5.74, 6) is 0.0634. The number of hydrogen-bond donors (Lipinski definition) is 5. The topological polar surface area (TPSA) is 186 Å². The molecule has 0 saturated carbocycles. The highest BCUT2D eigenvalue weighted by Crippen LogP contribution is 2.38. The monoisotopic (exact) mass is 349 g/mol. The maximum atomic E-state index is 10.9. The van der Waals surface area contributed by atoms with Gasteiger partial charge >= 0.3 is 7.82 Å². The van der Waals surface area contributed by atoms with Crippen LogP contribution in [-0.4, -0.2) is 64.4 Å². The highest BCUT2D eigenvalue weighted by Gasteiger charge is 2.45. The fourth-order valence-electron chi connectivity index (χ4n) is 2.16. The third-order valence-corrected chi connectivity index (χ3v) is 3.53. The minimum Gasteiger partial charge on any atom is -0.387 e. The Kier molecular flexibility index (Phi) is 3.44. The largest absolute Gasteiger partial charge is 0.469 e. The molecule has 6 N–H and O–H groups in total. The van der Waals surface area contributed by atoms with Gasteiger partial charge in [-0.15, -0.1) is 0 Å². The first-order valence-electron chi connectivity index (χ1n) is 7.22. The Morgan fingerprint density at radius 3 is 2.83 bits per heavy atom. The van der Waals surface area contributed by atoms with E-state index in [4.69, 9.17) is 23.0 Å². The van der Waals surface area contributed by atoms with Gasteiger partial charge in [0.25, 0.3) is 0 Å². The maximum absolute atomic E-state index is 10.9. The summed E-state index contributed by atoms with van der Waals surface area (Å²) >= 11 is 0. The van der Waals surface area contributed by atoms with Crippen molar-refractivity contribution >= 4 is 24.8 Å². The molecule has 1 fully saturated rings. The Labute approximate surface area is 131 Å². The lowest BCUT2D eigenvalue weighted by atomic mass is 10.1. The number of nitrogens with zero attached hydrogens (tertiary/aromatic N) is 4. The van der Waals surface area contributed by atoms with E-state index in [9.17, 15) is 14.8 Å². The predicted molar refractivity (Wildman–Crippen MR) is 73.7 cm³/mol. The summed E-state index contributed by atoms with van der Waals surface area (Å²) in [5.41, 5.74) is 6.00. The van der Waals surface area contributed by atoms with E-state index in [1.165, 1.54) is 10.9 Å². The summed E-state index contributed by atoms with van der Waals surface area (Å²) in [7, 11) is -5.22. The van der Waals surface area contributed by atoms with Gasteiger partial charge in [-0.3, -0.25) is 9.09 Å². The van der Waals surface area contributed by atoms with Crippen LogP contribution in [0.15, 0.2) is 12.7 Å². The van der Waals surface area contributed by atoms with Crippen molar-refractivity contribution < 1.29 is 36.6 Å². The average molecular weight is 349 g/mol. The van der Waals surface area contributed by atoms with Crippen molar-refractivity contribution in [1.29, 1.82) is 0 Å². The number of rotatable bonds is 4. The number of nitrogen functional groups attached to an aromatic ring is 1. The Morgan fingerprint density at radius 1 is 1.39 bits per heavy atom. The number of fused-ring (bicyclic) bond motifs is 1. The van der Waals surface area contributed by atoms with Crippen molar-refractivity contribution in [3.8, 4) is 0 Å². The number of anilines is 1. The zero-order valence-corrected chi connectivity index (χ0v) is 12.2. The van der Waals surface area contributed by atoms with Gasteiger partial charge in [0.2, 0.25) is 0 Å². The molecule has 0 unspecified atom stereocenters. The number of phosphoric ester groups is 1. The van der Waals surface area contributed by atoms with Gasteiger partial charge in [0.1, 0.15) is 30.2 Å². The number of aliphatic hydroxyl groups excluding tert-OH is 2. The van der Waals surface area contributed by atoms with Gasteiger partial charge in [0, 0.05) is 0 Å². The van der Waals surface area contributed by atoms with Gasteiger partial charge in [-0.1, -0.05) is 0 Å². The van der Waals surface area contributed by atoms with Crippen LogP contribution in [0, 0.1) is 0 Å². The second kappa shape index (κ2) is 5.76. The van der Waals surface area contributed by atoms with Crippen molar-refractivity contribution in [3.05, 3.63) is 12.7 Å². The highest BCUT2D eigenvalue weighted by atomic mass is 31.2. The molecule has 12 nitrogen and oxygen atoms in total. The summed E-state index contributed by atoms with van der Waals surface area (Å²) in [6, 6.07) is 0. The standard InChI is InChI=1S/C10H14N5O7P/c11-8-5-9(13-2-12-8)15(3-14-5)10-7(17)6(16)4(22-10)1-21-23(18,19)20/h2-4,6-7,10,16-17H,1H2,(H2,11,12,13)(H2,18,19,20)/t4-,6-,7-,10-/m1/s1/i1D2. The van der Waals surface area contributed by atoms with Crippen LogP contribution in [0.3, 0.4) is 0 Å². The molecule has 0 spiro atoms. The fraction of sp³-hybridized carbons (Fsp3) is 0.500. The summed E-state index contributed by atoms with van der Waals surface area (Å²) < 4.78 is 36.6. The van der Waals surface area contributed by atoms with E-state index in [0.717, 1.165) is 6.33 Å². The molecule has 0 bridgehead atoms. The molecule has 1 aliphatic heterocycles. The lowest BCUT2D eigenvalue weighted by Crippen LogP contribution is -2.33. The van der Waals surface area contributed by atoms with Gasteiger partial charge in [-0.05, 0) is 0 Å². The third kappa shape index (κ3) is 3.05. The first-order valence-corrected chi connectivity index (χ1v) is 7.75. The zero-order valence-electron chi connectivity index (χ0n) is 13.3. The molecule has 3 rings (SSSR count). The first-order chi connectivity index (χ1) is 11.5. The minimum atomic E-state index is -5.22. The first kappa shape index (κ1) is 13.7. The molecule has 0 radical (unpaired) electrons. The van der Waals surface area contributed by atoms with Gasteiger partial charge in [0.15, 0.2) is 17.7 Å². The van der Waals surface area contributed by atoms with Crippen LogP contribution in [0.1, 0.15) is 8.97 Å². The van der Waals surface area contributed by atoms with Crippen LogP contribution >= 0.6 is 7.82 Å². The molecule has 1 aliphatic rings. The van der Waals surface area contributed by atoms with Gasteiger partial charge < -0.3 is 30.5 Å². The molecule has 126 valence electrons. The molecular formula is C10H14N5O7P. The van der Waals surface area contributed by atoms with Gasteiger partial charge in [-0.25, -0.2) is 19.5 Å². The number of aromatic nitrogens is 4. The van der Waals surface area contributed by atoms with E-state index < -0.39 is 38.9 Å². The van der Waals surface area contributed by atoms with Crippen LogP contribution in [0.5, 0.6) is 0 Å². The highest BCUT2D eigenvalue weighted by molar-refractivity contribution is 7.46. The molecule has 2 aromatic rings. The van der Waals surface area contributed by atoms with Crippen molar-refractivity contribution in [1.82, 2.24) is 19.5 Å². The van der Waals surface area contributed by atoms with Crippen LogP contribution in [-0.2, 0) is 13.8 Å². The van der Waals surface area contributed by atoms with Crippen LogP contribution < -0.4 is 5.73 Å². The van der Waals surface area contributed by atoms with E-state index in [1.807, 2.05) is 0 Å². The number of phosphoric acid groups is 1. The molecule has 2 aromatic heterocycles. The van der Waals surface area contributed by atoms with Crippen molar-refractivity contribution in [3.63, 3.8) is 0 Å². The predicted octanol–water partition coefficient (Wildman–Crippen LogP) is -1.86. The van der Waals surface area contributed by atoms with E-state index in [1.54, 1.807) is 0 Å². The van der Waals surface area contributed by atoms with Crippen molar-refractivity contribution in [2.45, 2.75) is 24.5 Å². The van der Waals surface area contributed by atoms with Crippen LogP contribution in [0.2, 0.25) is 0 Å². The van der Waals surface area contributed by atoms with Gasteiger partial charge in [-0.2, -0.15) is 0 Å². The van der Waals surface area contributed by atoms with E-state index in [0.29, 0.717) is 0 Å². The Hall–Kier alpha value is -1.66. The summed E-state index contributed by atoms with van der Waals surface area (Å²) in [6.45, 7) is -3.08. The molecule has 0 aromatic carbocycles. The molecule has 13 heteroatoms. The van der Waals surface area contributed by atoms with E-state index in [-0.39, 0.29) is 17.0 Å². The number of imidazole rings is 1. The number of aliphatic hydroxyl groups is 2. The lowest BCUT2D eigenvalue weighted by molar-refractivity contribution is -0.0504. The minimum absolute atomic E-state index is 0.0634. The summed E-state index contributed by atoms with van der Waals surface area (Å²) in [4.78, 5) is 29.2. The van der Waals surface area contributed by atoms with Crippen molar-refractivity contribution in [2.75, 3.05) is 12.3 Å². The quantitative estimate of drug-likeness (QED) is 0.389. The number of ether oxygens (including phenoxy) is 1. The van der Waals surface area contributed by atoms with Crippen molar-refractivity contribution in [2.24, 2.45) is 0 Å². The van der Waals surface area contributed by atoms with Crippen LogP contribution in [0.25, 0.3) is 11.2 Å². The molecular weight excluding hydrogens is 333 g/mol. The molecule has 0 aliphatic carbocycles. The number of hydrogen-bond acceptors (Lipinski definition) is 9. The fourth-order valence-corrected chi connectivity index (χ4v) is 2.40. The molecule has 4 atom stereocenters. The Morgan fingerprint density at radius 2 is 2.13 bits per heavy atom. The maximum Gasteiger partial charge on any atom is 0.469 e. The molecule has 0 amide bonds. The van der Waals surface area contributed by atoms with E-state index >= 15 is 0 Å². The van der Waals surface area contributed by atoms with Gasteiger partial charge in [0.05, 0.1) is 15.6 Å². The smallest absolute Gasteiger partial charge is 0.387 e. The normalized spacial score (nSPS) is 30.4. The molecule has 23 heavy (non-hydrogen) atoms. The van der Waals surface area contributed by atoms with Crippen LogP contribution in [0.4, 0.5) is 5.82 Å². The third-order valence-electron chi connectivity index (χ3n) is 3.19. The zero-order chi connectivity index (χ0) is 18.6. The Balaban J connectivity index is 1.94. The summed E-state index contributed by atoms with van der Waals surface area (Å²) in [5, 5.41) is 20.2. The Bertz CT molecular complexity index is 844. The van der Waals surface area contributed by atoms with E-state index in [2.05, 4.69) is 19.5 Å². The molecule has 1 saturated heterocycles. The SMILES string of the molecule is [2H]C([2H])(OP(=O)(O)O)[C@H]1O[C@@H](n2cnc3c(N)ncnc32)[C@H](O)[C@@H]1O. The number of nitrogens with two attached hydrogens (primary N) is 1. The summed E-state index contributed by atoms with van der Waals surface area (Å²) in [6.07, 6.45) is -4.41. The second-order valence-corrected chi connectivity index (χ2v) is 5.87. The molecule has 3 heterocycles.